The van der Waals surface area contributed by atoms with Crippen LogP contribution in [0.3, 0.4) is 0 Å². The summed E-state index contributed by atoms with van der Waals surface area (Å²) >= 11 is 0. The standard InChI is InChI=1S/C14H17N2O2/c1-8(2)11-7-13(18)15-16-14(11)10-5-4-6-12(17)9(10)3/h4-6,8,11H,7H2,1-3H3,(H,15,18). The summed E-state index contributed by atoms with van der Waals surface area (Å²) in [5.74, 6) is 0.326. The summed E-state index contributed by atoms with van der Waals surface area (Å²) in [7, 11) is 0. The zero-order valence-electron chi connectivity index (χ0n) is 10.9. The average molecular weight is 245 g/mol. The van der Waals surface area contributed by atoms with Crippen molar-refractivity contribution in [2.24, 2.45) is 16.9 Å². The van der Waals surface area contributed by atoms with Crippen LogP contribution in [0, 0.1) is 18.8 Å². The molecule has 4 heteroatoms. The number of hydrogen-bond acceptors (Lipinski definition) is 2. The van der Waals surface area contributed by atoms with Gasteiger partial charge < -0.3 is 0 Å². The van der Waals surface area contributed by atoms with E-state index in [-0.39, 0.29) is 17.6 Å². The van der Waals surface area contributed by atoms with Crippen LogP contribution in [0.15, 0.2) is 23.3 Å². The van der Waals surface area contributed by atoms with Gasteiger partial charge in [0.15, 0.2) is 5.75 Å². The van der Waals surface area contributed by atoms with Gasteiger partial charge in [-0.2, -0.15) is 5.10 Å². The number of carbonyl (C=O) groups excluding carboxylic acids is 1. The zero-order chi connectivity index (χ0) is 13.3. The summed E-state index contributed by atoms with van der Waals surface area (Å²) in [6.45, 7) is 5.93. The molecule has 0 aromatic heterocycles. The fourth-order valence-corrected chi connectivity index (χ4v) is 2.25. The third-order valence-corrected chi connectivity index (χ3v) is 3.42. The molecule has 0 bridgehead atoms. The number of nitrogens with one attached hydrogen (secondary N) is 1. The molecule has 0 fully saturated rings. The van der Waals surface area contributed by atoms with E-state index in [1.807, 2.05) is 6.07 Å². The number of hydrazone groups is 1. The van der Waals surface area contributed by atoms with Gasteiger partial charge in [-0.1, -0.05) is 26.0 Å². The number of hydrogen-bond donors (Lipinski definition) is 1. The lowest BCUT2D eigenvalue weighted by Gasteiger charge is -2.26. The molecule has 2 rings (SSSR count). The largest absolute Gasteiger partial charge is 0.290 e. The normalized spacial score (nSPS) is 19.7. The predicted octanol–water partition coefficient (Wildman–Crippen LogP) is 2.64. The Morgan fingerprint density at radius 3 is 2.78 bits per heavy atom. The zero-order valence-corrected chi connectivity index (χ0v) is 10.9. The summed E-state index contributed by atoms with van der Waals surface area (Å²) < 4.78 is 0. The minimum Gasteiger partial charge on any atom is -0.290 e. The Kier molecular flexibility index (Phi) is 3.36. The number of amides is 1. The summed E-state index contributed by atoms with van der Waals surface area (Å²) in [5.41, 5.74) is 4.87. The van der Waals surface area contributed by atoms with Crippen molar-refractivity contribution in [3.63, 3.8) is 0 Å². The van der Waals surface area contributed by atoms with Crippen molar-refractivity contribution < 1.29 is 9.90 Å². The molecular weight excluding hydrogens is 228 g/mol. The van der Waals surface area contributed by atoms with E-state index in [1.165, 1.54) is 0 Å². The maximum atomic E-state index is 11.7. The van der Waals surface area contributed by atoms with Gasteiger partial charge in [0.1, 0.15) is 0 Å². The van der Waals surface area contributed by atoms with Gasteiger partial charge >= 0.3 is 0 Å². The highest BCUT2D eigenvalue weighted by Gasteiger charge is 2.29. The molecule has 1 aliphatic heterocycles. The molecule has 1 radical (unpaired) electrons. The highest BCUT2D eigenvalue weighted by molar-refractivity contribution is 6.07. The van der Waals surface area contributed by atoms with Crippen molar-refractivity contribution in [3.8, 4) is 5.75 Å². The molecule has 0 aliphatic carbocycles. The number of benzene rings is 1. The number of carbonyl (C=O) groups is 1. The molecule has 1 atom stereocenters. The molecule has 1 amide bonds. The lowest BCUT2D eigenvalue weighted by molar-refractivity contribution is -0.122. The SMILES string of the molecule is Cc1c([O])cccc1C1=NNC(=O)CC1C(C)C. The second kappa shape index (κ2) is 4.80. The first-order valence-electron chi connectivity index (χ1n) is 6.14. The van der Waals surface area contributed by atoms with Crippen LogP contribution < -0.4 is 5.43 Å². The van der Waals surface area contributed by atoms with E-state index in [1.54, 1.807) is 19.1 Å². The molecule has 1 N–H and O–H groups in total. The van der Waals surface area contributed by atoms with Crippen LogP contribution in [-0.4, -0.2) is 11.6 Å². The number of rotatable bonds is 2. The Bertz CT molecular complexity index is 507. The van der Waals surface area contributed by atoms with E-state index < -0.39 is 0 Å². The minimum atomic E-state index is -0.0617. The van der Waals surface area contributed by atoms with Gasteiger partial charge in [-0.3, -0.25) is 9.90 Å². The predicted molar refractivity (Wildman–Crippen MR) is 68.9 cm³/mol. The fourth-order valence-electron chi connectivity index (χ4n) is 2.25. The second-order valence-electron chi connectivity index (χ2n) is 5.02. The van der Waals surface area contributed by atoms with Gasteiger partial charge in [-0.05, 0) is 18.9 Å². The van der Waals surface area contributed by atoms with Crippen molar-refractivity contribution >= 4 is 11.6 Å². The highest BCUT2D eigenvalue weighted by atomic mass is 16.3. The first-order valence-corrected chi connectivity index (χ1v) is 6.14. The minimum absolute atomic E-state index is 0.00889. The lowest BCUT2D eigenvalue weighted by atomic mass is 9.82. The molecule has 1 heterocycles. The third kappa shape index (κ3) is 2.23. The molecular formula is C14H17N2O2. The Balaban J connectivity index is 2.47. The van der Waals surface area contributed by atoms with Gasteiger partial charge in [0, 0.05) is 23.5 Å². The lowest BCUT2D eigenvalue weighted by Crippen LogP contribution is -2.36. The molecule has 1 aliphatic rings. The van der Waals surface area contributed by atoms with Gasteiger partial charge in [0.05, 0.1) is 5.71 Å². The van der Waals surface area contributed by atoms with E-state index in [0.29, 0.717) is 17.9 Å². The third-order valence-electron chi connectivity index (χ3n) is 3.42. The maximum Gasteiger partial charge on any atom is 0.240 e. The quantitative estimate of drug-likeness (QED) is 0.855. The van der Waals surface area contributed by atoms with E-state index in [0.717, 1.165) is 11.3 Å². The second-order valence-corrected chi connectivity index (χ2v) is 5.02. The summed E-state index contributed by atoms with van der Waals surface area (Å²) in [6.07, 6.45) is 0.430. The van der Waals surface area contributed by atoms with Crippen LogP contribution in [0.4, 0.5) is 0 Å². The van der Waals surface area contributed by atoms with E-state index in [2.05, 4.69) is 24.4 Å². The first-order chi connectivity index (χ1) is 8.50. The van der Waals surface area contributed by atoms with E-state index in [9.17, 15) is 9.90 Å². The van der Waals surface area contributed by atoms with E-state index in [4.69, 9.17) is 0 Å². The van der Waals surface area contributed by atoms with E-state index >= 15 is 0 Å². The van der Waals surface area contributed by atoms with Crippen molar-refractivity contribution in [1.82, 2.24) is 5.43 Å². The van der Waals surface area contributed by atoms with Crippen molar-refractivity contribution in [3.05, 3.63) is 29.3 Å². The Labute approximate surface area is 107 Å². The van der Waals surface area contributed by atoms with Crippen LogP contribution in [-0.2, 0) is 9.90 Å². The molecule has 0 saturated heterocycles. The molecule has 1 aromatic carbocycles. The smallest absolute Gasteiger partial charge is 0.240 e. The van der Waals surface area contributed by atoms with Gasteiger partial charge in [-0.25, -0.2) is 5.43 Å². The molecule has 1 unspecified atom stereocenters. The monoisotopic (exact) mass is 245 g/mol. The first kappa shape index (κ1) is 12.6. The van der Waals surface area contributed by atoms with Crippen LogP contribution in [0.1, 0.15) is 31.4 Å². The topological polar surface area (TPSA) is 61.4 Å². The van der Waals surface area contributed by atoms with Crippen molar-refractivity contribution in [1.29, 1.82) is 0 Å². The highest BCUT2D eigenvalue weighted by Crippen LogP contribution is 2.28. The van der Waals surface area contributed by atoms with Gasteiger partial charge in [-0.15, -0.1) is 0 Å². The Morgan fingerprint density at radius 2 is 2.11 bits per heavy atom. The van der Waals surface area contributed by atoms with Gasteiger partial charge in [0.2, 0.25) is 5.91 Å². The Morgan fingerprint density at radius 1 is 1.39 bits per heavy atom. The molecule has 4 nitrogen and oxygen atoms in total. The summed E-state index contributed by atoms with van der Waals surface area (Å²) in [6, 6.07) is 5.18. The van der Waals surface area contributed by atoms with Crippen LogP contribution >= 0.6 is 0 Å². The van der Waals surface area contributed by atoms with Crippen LogP contribution in [0.5, 0.6) is 5.75 Å². The van der Waals surface area contributed by atoms with Crippen LogP contribution in [0.2, 0.25) is 0 Å². The molecule has 0 spiro atoms. The average Bonchev–Trinajstić information content (AvgIpc) is 2.33. The summed E-state index contributed by atoms with van der Waals surface area (Å²) in [5, 5.41) is 15.8. The Hall–Kier alpha value is -1.84. The van der Waals surface area contributed by atoms with Gasteiger partial charge in [0.25, 0.3) is 0 Å². The summed E-state index contributed by atoms with van der Waals surface area (Å²) in [4.78, 5) is 11.4. The fraction of sp³-hybridized carbons (Fsp3) is 0.429. The van der Waals surface area contributed by atoms with Crippen molar-refractivity contribution in [2.75, 3.05) is 0 Å². The molecule has 18 heavy (non-hydrogen) atoms. The molecule has 95 valence electrons. The van der Waals surface area contributed by atoms with Crippen LogP contribution in [0.25, 0.3) is 0 Å². The molecule has 1 aromatic rings. The van der Waals surface area contributed by atoms with Crippen molar-refractivity contribution in [2.45, 2.75) is 27.2 Å². The number of nitrogens with zero attached hydrogens (tertiary/aromatic N) is 1. The maximum absolute atomic E-state index is 11.7. The molecule has 0 saturated carbocycles.